The third-order valence-electron chi connectivity index (χ3n) is 8.90. The maximum absolute atomic E-state index is 15.1. The molecule has 270 valence electrons. The van der Waals surface area contributed by atoms with Gasteiger partial charge in [0.15, 0.2) is 23.1 Å². The summed E-state index contributed by atoms with van der Waals surface area (Å²) < 4.78 is 32.6. The van der Waals surface area contributed by atoms with Crippen LogP contribution in [0.4, 0.5) is 21.7 Å². The number of anilines is 3. The highest BCUT2D eigenvalue weighted by Gasteiger charge is 2.22. The van der Waals surface area contributed by atoms with Gasteiger partial charge in [-0.15, -0.1) is 0 Å². The SMILES string of the molecule is CCN(CC)C(=O)c1ccc(Oc2nc(Nc3ccc(OCCCN4CCCCC4)c(F)c3)ncc2C(=O)Nc2c(C)cccc2C)c(OC)c1. The lowest BCUT2D eigenvalue weighted by atomic mass is 10.1. The van der Waals surface area contributed by atoms with Gasteiger partial charge in [-0.25, -0.2) is 9.37 Å². The quantitative estimate of drug-likeness (QED) is 0.120. The Morgan fingerprint density at radius 1 is 0.941 bits per heavy atom. The van der Waals surface area contributed by atoms with Crippen LogP contribution in [-0.2, 0) is 0 Å². The lowest BCUT2D eigenvalue weighted by Crippen LogP contribution is -2.31. The smallest absolute Gasteiger partial charge is 0.262 e. The third-order valence-corrected chi connectivity index (χ3v) is 8.90. The van der Waals surface area contributed by atoms with E-state index in [9.17, 15) is 9.59 Å². The van der Waals surface area contributed by atoms with Crippen LogP contribution in [0.25, 0.3) is 0 Å². The number of nitrogens with zero attached hydrogens (tertiary/aromatic N) is 4. The number of para-hydroxylation sites is 1. The van der Waals surface area contributed by atoms with E-state index in [4.69, 9.17) is 14.2 Å². The number of methoxy groups -OCH3 is 1. The summed E-state index contributed by atoms with van der Waals surface area (Å²) in [5.41, 5.74) is 3.29. The molecule has 51 heavy (non-hydrogen) atoms. The number of carbonyl (C=O) groups is 2. The lowest BCUT2D eigenvalue weighted by molar-refractivity contribution is 0.0772. The molecule has 0 radical (unpaired) electrons. The standard InChI is InChI=1S/C39H47FN6O5/c1-6-46(7-2)38(48)28-15-17-33(34(23-28)49-5)51-37-30(36(47)43-35-26(3)13-11-14-27(35)4)25-41-39(44-37)42-29-16-18-32(31(40)24-29)50-22-12-21-45-19-9-8-10-20-45/h11,13-18,23-25H,6-10,12,19-22H2,1-5H3,(H,43,47)(H,41,42,44). The van der Waals surface area contributed by atoms with Crippen molar-refractivity contribution in [3.8, 4) is 23.1 Å². The monoisotopic (exact) mass is 698 g/mol. The average Bonchev–Trinajstić information content (AvgIpc) is 3.13. The number of likely N-dealkylation sites (tertiary alicyclic amines) is 1. The van der Waals surface area contributed by atoms with Gasteiger partial charge >= 0.3 is 0 Å². The first-order valence-electron chi connectivity index (χ1n) is 17.5. The Labute approximate surface area is 299 Å². The number of rotatable bonds is 15. The molecule has 0 bridgehead atoms. The first-order chi connectivity index (χ1) is 24.7. The Morgan fingerprint density at radius 2 is 1.67 bits per heavy atom. The summed E-state index contributed by atoms with van der Waals surface area (Å²) in [7, 11) is 1.46. The van der Waals surface area contributed by atoms with Gasteiger partial charge in [0, 0.05) is 48.8 Å². The van der Waals surface area contributed by atoms with Gasteiger partial charge in [-0.3, -0.25) is 9.59 Å². The summed E-state index contributed by atoms with van der Waals surface area (Å²) in [6.45, 7) is 12.3. The zero-order valence-electron chi connectivity index (χ0n) is 30.1. The van der Waals surface area contributed by atoms with Crippen LogP contribution >= 0.6 is 0 Å². The number of amides is 2. The van der Waals surface area contributed by atoms with E-state index in [1.165, 1.54) is 38.6 Å². The van der Waals surface area contributed by atoms with E-state index in [-0.39, 0.29) is 40.5 Å². The molecule has 2 heterocycles. The minimum absolute atomic E-state index is 0.0491. The van der Waals surface area contributed by atoms with E-state index < -0.39 is 11.7 Å². The van der Waals surface area contributed by atoms with Gasteiger partial charge in [-0.1, -0.05) is 24.6 Å². The van der Waals surface area contributed by atoms with Gasteiger partial charge in [0.25, 0.3) is 11.8 Å². The highest BCUT2D eigenvalue weighted by molar-refractivity contribution is 6.06. The number of aryl methyl sites for hydroxylation is 2. The normalized spacial score (nSPS) is 13.0. The van der Waals surface area contributed by atoms with Crippen LogP contribution in [0.15, 0.2) is 60.8 Å². The van der Waals surface area contributed by atoms with Crippen molar-refractivity contribution in [1.29, 1.82) is 0 Å². The summed E-state index contributed by atoms with van der Waals surface area (Å²) in [5.74, 6) is -0.506. The molecule has 1 fully saturated rings. The van der Waals surface area contributed by atoms with E-state index in [1.54, 1.807) is 35.2 Å². The molecule has 5 rings (SSSR count). The fraction of sp³-hybridized carbons (Fsp3) is 0.385. The summed E-state index contributed by atoms with van der Waals surface area (Å²) in [5, 5.41) is 5.96. The van der Waals surface area contributed by atoms with Gasteiger partial charge in [0.1, 0.15) is 5.56 Å². The molecule has 0 aliphatic carbocycles. The molecule has 0 unspecified atom stereocenters. The molecule has 11 nitrogen and oxygen atoms in total. The molecule has 1 aromatic heterocycles. The Kier molecular flexibility index (Phi) is 12.8. The second kappa shape index (κ2) is 17.6. The molecule has 12 heteroatoms. The van der Waals surface area contributed by atoms with E-state index in [1.807, 2.05) is 45.9 Å². The molecular weight excluding hydrogens is 651 g/mol. The van der Waals surface area contributed by atoms with Gasteiger partial charge in [0.05, 0.1) is 13.7 Å². The van der Waals surface area contributed by atoms with Crippen LogP contribution in [0.2, 0.25) is 0 Å². The number of piperidine rings is 1. The highest BCUT2D eigenvalue weighted by Crippen LogP contribution is 2.35. The van der Waals surface area contributed by atoms with Crippen molar-refractivity contribution in [2.75, 3.05) is 57.1 Å². The molecule has 0 atom stereocenters. The fourth-order valence-electron chi connectivity index (χ4n) is 6.01. The predicted octanol–water partition coefficient (Wildman–Crippen LogP) is 7.77. The summed E-state index contributed by atoms with van der Waals surface area (Å²) in [6.07, 6.45) is 5.90. The lowest BCUT2D eigenvalue weighted by Gasteiger charge is -2.26. The zero-order chi connectivity index (χ0) is 36.3. The molecule has 4 aromatic rings. The maximum Gasteiger partial charge on any atom is 0.262 e. The number of aromatic nitrogens is 2. The first-order valence-corrected chi connectivity index (χ1v) is 17.5. The Hall–Kier alpha value is -5.23. The number of carbonyl (C=O) groups excluding carboxylic acids is 2. The van der Waals surface area contributed by atoms with Gasteiger partial charge in [0.2, 0.25) is 11.8 Å². The van der Waals surface area contributed by atoms with E-state index in [2.05, 4.69) is 25.5 Å². The second-order valence-electron chi connectivity index (χ2n) is 12.5. The third kappa shape index (κ3) is 9.52. The van der Waals surface area contributed by atoms with Crippen molar-refractivity contribution in [3.63, 3.8) is 0 Å². The summed E-state index contributed by atoms with van der Waals surface area (Å²) in [6, 6.07) is 15.1. The van der Waals surface area contributed by atoms with E-state index in [0.717, 1.165) is 37.2 Å². The van der Waals surface area contributed by atoms with Crippen molar-refractivity contribution in [2.24, 2.45) is 0 Å². The van der Waals surface area contributed by atoms with Crippen molar-refractivity contribution < 1.29 is 28.2 Å². The van der Waals surface area contributed by atoms with Crippen molar-refractivity contribution in [2.45, 2.75) is 53.4 Å². The summed E-state index contributed by atoms with van der Waals surface area (Å²) >= 11 is 0. The molecule has 2 amide bonds. The molecule has 3 aromatic carbocycles. The van der Waals surface area contributed by atoms with E-state index >= 15 is 4.39 Å². The topological polar surface area (TPSA) is 118 Å². The predicted molar refractivity (Wildman–Crippen MR) is 196 cm³/mol. The maximum atomic E-state index is 15.1. The van der Waals surface area contributed by atoms with Gasteiger partial charge < -0.3 is 34.6 Å². The number of hydrogen-bond donors (Lipinski definition) is 2. The van der Waals surface area contributed by atoms with Crippen LogP contribution in [-0.4, -0.2) is 78.0 Å². The number of benzene rings is 3. The van der Waals surface area contributed by atoms with Crippen molar-refractivity contribution >= 4 is 29.1 Å². The van der Waals surface area contributed by atoms with Gasteiger partial charge in [-0.2, -0.15) is 4.98 Å². The first kappa shape index (κ1) is 37.0. The number of nitrogens with one attached hydrogen (secondary N) is 2. The minimum atomic E-state index is -0.525. The molecule has 0 spiro atoms. The van der Waals surface area contributed by atoms with Gasteiger partial charge in [-0.05, 0) is 102 Å². The molecule has 1 aliphatic heterocycles. The van der Waals surface area contributed by atoms with Crippen LogP contribution in [0.3, 0.4) is 0 Å². The molecular formula is C39H47FN6O5. The van der Waals surface area contributed by atoms with Crippen LogP contribution in [0.5, 0.6) is 23.1 Å². The van der Waals surface area contributed by atoms with Crippen molar-refractivity contribution in [3.05, 3.63) is 88.9 Å². The second-order valence-corrected chi connectivity index (χ2v) is 12.5. The van der Waals surface area contributed by atoms with Crippen LogP contribution in [0, 0.1) is 19.7 Å². The average molecular weight is 699 g/mol. The van der Waals surface area contributed by atoms with Crippen LogP contribution in [0.1, 0.15) is 71.4 Å². The number of ether oxygens (including phenoxy) is 3. The highest BCUT2D eigenvalue weighted by atomic mass is 19.1. The number of hydrogen-bond acceptors (Lipinski definition) is 9. The number of halogens is 1. The largest absolute Gasteiger partial charge is 0.493 e. The molecule has 1 aliphatic rings. The van der Waals surface area contributed by atoms with E-state index in [0.29, 0.717) is 36.6 Å². The minimum Gasteiger partial charge on any atom is -0.493 e. The Balaban J connectivity index is 1.37. The molecule has 0 saturated carbocycles. The zero-order valence-corrected chi connectivity index (χ0v) is 30.1. The summed E-state index contributed by atoms with van der Waals surface area (Å²) in [4.78, 5) is 39.7. The molecule has 2 N–H and O–H groups in total. The Morgan fingerprint density at radius 3 is 2.35 bits per heavy atom. The Bertz CT molecular complexity index is 1810. The fourth-order valence-corrected chi connectivity index (χ4v) is 6.01. The van der Waals surface area contributed by atoms with Crippen LogP contribution < -0.4 is 24.8 Å². The van der Waals surface area contributed by atoms with Crippen molar-refractivity contribution in [1.82, 2.24) is 19.8 Å². The molecule has 1 saturated heterocycles.